The van der Waals surface area contributed by atoms with E-state index in [1.54, 1.807) is 26.8 Å². The average molecular weight is 706 g/mol. The van der Waals surface area contributed by atoms with E-state index < -0.39 is 23.4 Å². The Morgan fingerprint density at radius 3 is 2.37 bits per heavy atom. The van der Waals surface area contributed by atoms with E-state index in [2.05, 4.69) is 10.6 Å². The number of carbonyl (C=O) groups excluding carboxylic acids is 2. The zero-order valence-corrected chi connectivity index (χ0v) is 30.1. The third-order valence-corrected chi connectivity index (χ3v) is 9.48. The van der Waals surface area contributed by atoms with E-state index in [1.807, 2.05) is 60.4 Å². The van der Waals surface area contributed by atoms with Crippen LogP contribution < -0.4 is 15.4 Å². The van der Waals surface area contributed by atoms with E-state index in [9.17, 15) is 22.8 Å². The highest BCUT2D eigenvalue weighted by Crippen LogP contribution is 2.38. The Kier molecular flexibility index (Phi) is 12.6. The van der Waals surface area contributed by atoms with Crippen molar-refractivity contribution < 1.29 is 32.2 Å². The summed E-state index contributed by atoms with van der Waals surface area (Å²) in [7, 11) is 0. The van der Waals surface area contributed by atoms with Crippen molar-refractivity contribution in [2.45, 2.75) is 84.2 Å². The maximum Gasteiger partial charge on any atom is 0.417 e. The molecule has 2 heterocycles. The minimum Gasteiger partial charge on any atom is -0.491 e. The largest absolute Gasteiger partial charge is 0.491 e. The molecule has 2 aliphatic heterocycles. The number of nitrogens with one attached hydrogen (secondary N) is 2. The van der Waals surface area contributed by atoms with Crippen LogP contribution in [-0.2, 0) is 27.0 Å². The SMILES string of the molecule is Cc1c(/C=C/c2cc(OCCNC(=O)C3CCNCC3)c(CN3CCCC[C@H]3C(=O)OC(C)(C)C)cc2C(F)(F)F)cccc1-c1ccccc1. The third-order valence-electron chi connectivity index (χ3n) is 9.48. The Labute approximate surface area is 299 Å². The standard InChI is InChI=1S/C41H50F3N3O4/c1-28-29(13-10-14-34(28)30-11-6-5-7-12-30)16-17-32-26-37(50-24-22-46-38(48)31-18-20-45-21-19-31)33(25-35(32)41(42,43)44)27-47-23-9-8-15-36(47)39(49)51-40(2,3)4/h5-7,10-14,16-17,25-26,31,36,45H,8-9,15,18-24,27H2,1-4H3,(H,46,48)/b17-16+/t36-/m0/s1. The molecule has 51 heavy (non-hydrogen) atoms. The highest BCUT2D eigenvalue weighted by molar-refractivity contribution is 5.80. The summed E-state index contributed by atoms with van der Waals surface area (Å²) in [5.41, 5.74) is 2.58. The molecule has 2 saturated heterocycles. The second-order valence-corrected chi connectivity index (χ2v) is 14.4. The molecule has 0 aromatic heterocycles. The Morgan fingerprint density at radius 2 is 1.67 bits per heavy atom. The third kappa shape index (κ3) is 10.5. The van der Waals surface area contributed by atoms with Crippen LogP contribution >= 0.6 is 0 Å². The molecule has 0 aliphatic carbocycles. The Bertz CT molecular complexity index is 1680. The summed E-state index contributed by atoms with van der Waals surface area (Å²) in [5, 5.41) is 6.18. The topological polar surface area (TPSA) is 79.9 Å². The lowest BCUT2D eigenvalue weighted by molar-refractivity contribution is -0.163. The number of hydrogen-bond donors (Lipinski definition) is 2. The van der Waals surface area contributed by atoms with Crippen molar-refractivity contribution in [1.29, 1.82) is 0 Å². The maximum absolute atomic E-state index is 14.8. The molecule has 3 aromatic carbocycles. The zero-order valence-electron chi connectivity index (χ0n) is 30.1. The molecular weight excluding hydrogens is 655 g/mol. The first-order chi connectivity index (χ1) is 24.3. The lowest BCUT2D eigenvalue weighted by Gasteiger charge is -2.36. The molecule has 7 nitrogen and oxygen atoms in total. The van der Waals surface area contributed by atoms with Crippen LogP contribution in [0.15, 0.2) is 60.7 Å². The monoisotopic (exact) mass is 705 g/mol. The molecule has 0 saturated carbocycles. The molecule has 3 aromatic rings. The van der Waals surface area contributed by atoms with E-state index in [1.165, 1.54) is 12.1 Å². The number of halogens is 3. The van der Waals surface area contributed by atoms with Crippen molar-refractivity contribution in [3.8, 4) is 16.9 Å². The number of nitrogens with zero attached hydrogens (tertiary/aromatic N) is 1. The molecule has 1 amide bonds. The lowest BCUT2D eigenvalue weighted by atomic mass is 9.95. The quantitative estimate of drug-likeness (QED) is 0.120. The normalized spacial score (nSPS) is 17.7. The molecule has 1 atom stereocenters. The van der Waals surface area contributed by atoms with Gasteiger partial charge in [0.25, 0.3) is 0 Å². The van der Waals surface area contributed by atoms with Crippen LogP contribution in [0, 0.1) is 12.8 Å². The van der Waals surface area contributed by atoms with Gasteiger partial charge in [-0.25, -0.2) is 0 Å². The second kappa shape index (κ2) is 16.9. The predicted molar refractivity (Wildman–Crippen MR) is 195 cm³/mol. The molecule has 0 unspecified atom stereocenters. The highest BCUT2D eigenvalue weighted by Gasteiger charge is 2.36. The van der Waals surface area contributed by atoms with Crippen molar-refractivity contribution in [2.24, 2.45) is 5.92 Å². The Balaban J connectivity index is 1.46. The average Bonchev–Trinajstić information content (AvgIpc) is 3.10. The Morgan fingerprint density at radius 1 is 0.941 bits per heavy atom. The van der Waals surface area contributed by atoms with Gasteiger partial charge in [-0.15, -0.1) is 0 Å². The van der Waals surface area contributed by atoms with E-state index >= 15 is 0 Å². The maximum atomic E-state index is 14.8. The first-order valence-corrected chi connectivity index (χ1v) is 18.0. The summed E-state index contributed by atoms with van der Waals surface area (Å²) >= 11 is 0. The van der Waals surface area contributed by atoms with Crippen molar-refractivity contribution in [2.75, 3.05) is 32.8 Å². The van der Waals surface area contributed by atoms with Gasteiger partial charge in [-0.1, -0.05) is 67.1 Å². The van der Waals surface area contributed by atoms with Gasteiger partial charge in [0.05, 0.1) is 12.1 Å². The van der Waals surface area contributed by atoms with Gasteiger partial charge in [0.15, 0.2) is 0 Å². The number of carbonyl (C=O) groups is 2. The molecular formula is C41H50F3N3O4. The molecule has 2 N–H and O–H groups in total. The number of likely N-dealkylation sites (tertiary alicyclic amines) is 1. The number of amides is 1. The van der Waals surface area contributed by atoms with E-state index in [0.29, 0.717) is 18.5 Å². The number of hydrogen-bond acceptors (Lipinski definition) is 6. The minimum atomic E-state index is -4.65. The fourth-order valence-corrected chi connectivity index (χ4v) is 6.83. The van der Waals surface area contributed by atoms with Gasteiger partial charge in [0.2, 0.25) is 5.91 Å². The van der Waals surface area contributed by atoms with Crippen LogP contribution in [0.2, 0.25) is 0 Å². The number of esters is 1. The summed E-state index contributed by atoms with van der Waals surface area (Å²) in [6, 6.07) is 17.6. The predicted octanol–water partition coefficient (Wildman–Crippen LogP) is 8.04. The van der Waals surface area contributed by atoms with Crippen LogP contribution in [0.5, 0.6) is 5.75 Å². The Hall–Kier alpha value is -4.15. The fourth-order valence-electron chi connectivity index (χ4n) is 6.83. The van der Waals surface area contributed by atoms with Crippen LogP contribution in [-0.4, -0.2) is 61.2 Å². The minimum absolute atomic E-state index is 0.0353. The molecule has 274 valence electrons. The summed E-state index contributed by atoms with van der Waals surface area (Å²) in [6.45, 7) is 9.84. The van der Waals surface area contributed by atoms with Gasteiger partial charge in [-0.3, -0.25) is 14.5 Å². The van der Waals surface area contributed by atoms with Crippen molar-refractivity contribution in [3.63, 3.8) is 0 Å². The second-order valence-electron chi connectivity index (χ2n) is 14.4. The highest BCUT2D eigenvalue weighted by atomic mass is 19.4. The lowest BCUT2D eigenvalue weighted by Crippen LogP contribution is -2.46. The zero-order chi connectivity index (χ0) is 36.6. The number of benzene rings is 3. The molecule has 5 rings (SSSR count). The molecule has 0 spiro atoms. The van der Waals surface area contributed by atoms with Gasteiger partial charge >= 0.3 is 12.1 Å². The number of piperidine rings is 2. The van der Waals surface area contributed by atoms with E-state index in [4.69, 9.17) is 9.47 Å². The van der Waals surface area contributed by atoms with Gasteiger partial charge < -0.3 is 20.1 Å². The summed E-state index contributed by atoms with van der Waals surface area (Å²) in [4.78, 5) is 27.8. The van der Waals surface area contributed by atoms with Crippen molar-refractivity contribution in [1.82, 2.24) is 15.5 Å². The number of alkyl halides is 3. The smallest absolute Gasteiger partial charge is 0.417 e. The fraction of sp³-hybridized carbons (Fsp3) is 0.463. The van der Waals surface area contributed by atoms with Crippen molar-refractivity contribution in [3.05, 3.63) is 88.5 Å². The number of rotatable bonds is 11. The van der Waals surface area contributed by atoms with E-state index in [-0.39, 0.29) is 48.8 Å². The molecule has 10 heteroatoms. The molecule has 0 bridgehead atoms. The van der Waals surface area contributed by atoms with Gasteiger partial charge in [0, 0.05) is 18.0 Å². The first kappa shape index (κ1) is 38.1. The van der Waals surface area contributed by atoms with Crippen LogP contribution in [0.3, 0.4) is 0 Å². The summed E-state index contributed by atoms with van der Waals surface area (Å²) < 4.78 is 56.2. The van der Waals surface area contributed by atoms with Gasteiger partial charge in [-0.05, 0) is 113 Å². The summed E-state index contributed by atoms with van der Waals surface area (Å²) in [5.74, 6) is -0.216. The number of ether oxygens (including phenoxy) is 2. The van der Waals surface area contributed by atoms with E-state index in [0.717, 1.165) is 67.1 Å². The summed E-state index contributed by atoms with van der Waals surface area (Å²) in [6.07, 6.45) is 2.25. The van der Waals surface area contributed by atoms with Crippen LogP contribution in [0.4, 0.5) is 13.2 Å². The van der Waals surface area contributed by atoms with Crippen molar-refractivity contribution >= 4 is 24.0 Å². The molecule has 2 aliphatic rings. The van der Waals surface area contributed by atoms with Gasteiger partial charge in [0.1, 0.15) is 24.0 Å². The molecule has 0 radical (unpaired) electrons. The van der Waals surface area contributed by atoms with Crippen LogP contribution in [0.25, 0.3) is 23.3 Å². The van der Waals surface area contributed by atoms with Crippen LogP contribution in [0.1, 0.15) is 80.7 Å². The first-order valence-electron chi connectivity index (χ1n) is 18.0. The molecule has 2 fully saturated rings. The van der Waals surface area contributed by atoms with Gasteiger partial charge in [-0.2, -0.15) is 13.2 Å².